The van der Waals surface area contributed by atoms with Crippen molar-refractivity contribution >= 4 is 0 Å². The second-order valence-electron chi connectivity index (χ2n) is 2.43. The van der Waals surface area contributed by atoms with Gasteiger partial charge in [0.1, 0.15) is 0 Å². The molecular formula is C6H12O4. The van der Waals surface area contributed by atoms with E-state index in [4.69, 9.17) is 14.4 Å². The second kappa shape index (κ2) is 2.84. The quantitative estimate of drug-likeness (QED) is 0.545. The SMILES string of the molecule is COC1(C(C)C)OCOO1. The van der Waals surface area contributed by atoms with Crippen molar-refractivity contribution in [2.24, 2.45) is 5.92 Å². The highest BCUT2D eigenvalue weighted by atomic mass is 17.3. The molecule has 1 aliphatic rings. The van der Waals surface area contributed by atoms with E-state index in [-0.39, 0.29) is 12.7 Å². The zero-order valence-corrected chi connectivity index (χ0v) is 6.42. The first kappa shape index (κ1) is 7.94. The second-order valence-corrected chi connectivity index (χ2v) is 2.43. The van der Waals surface area contributed by atoms with Gasteiger partial charge < -0.3 is 4.74 Å². The van der Waals surface area contributed by atoms with Crippen LogP contribution < -0.4 is 0 Å². The van der Waals surface area contributed by atoms with Crippen LogP contribution in [-0.2, 0) is 19.2 Å². The highest BCUT2D eigenvalue weighted by Gasteiger charge is 2.42. The smallest absolute Gasteiger partial charge is 0.316 e. The van der Waals surface area contributed by atoms with Crippen LogP contribution in [0.4, 0.5) is 0 Å². The molecule has 1 aliphatic heterocycles. The summed E-state index contributed by atoms with van der Waals surface area (Å²) >= 11 is 0. The van der Waals surface area contributed by atoms with Crippen LogP contribution in [0.3, 0.4) is 0 Å². The molecule has 1 atom stereocenters. The molecular weight excluding hydrogens is 136 g/mol. The fraction of sp³-hybridized carbons (Fsp3) is 1.00. The van der Waals surface area contributed by atoms with Crippen LogP contribution in [0.15, 0.2) is 0 Å². The summed E-state index contributed by atoms with van der Waals surface area (Å²) in [7, 11) is 1.52. The van der Waals surface area contributed by atoms with Crippen LogP contribution in [0.1, 0.15) is 13.8 Å². The van der Waals surface area contributed by atoms with Gasteiger partial charge in [0.25, 0.3) is 0 Å². The van der Waals surface area contributed by atoms with Crippen molar-refractivity contribution in [2.45, 2.75) is 19.8 Å². The van der Waals surface area contributed by atoms with E-state index in [1.807, 2.05) is 13.8 Å². The molecule has 0 saturated carbocycles. The summed E-state index contributed by atoms with van der Waals surface area (Å²) in [6.07, 6.45) is 0. The third-order valence-electron chi connectivity index (χ3n) is 1.47. The Morgan fingerprint density at radius 2 is 2.20 bits per heavy atom. The van der Waals surface area contributed by atoms with Gasteiger partial charge in [0.2, 0.25) is 0 Å². The molecule has 4 heteroatoms. The standard InChI is InChI=1S/C6H12O4/c1-5(2)6(7-3)8-4-9-10-6/h5H,4H2,1-3H3. The van der Waals surface area contributed by atoms with Gasteiger partial charge in [-0.3, -0.25) is 4.74 Å². The van der Waals surface area contributed by atoms with Gasteiger partial charge in [-0.1, -0.05) is 13.8 Å². The van der Waals surface area contributed by atoms with E-state index in [2.05, 4.69) is 4.89 Å². The monoisotopic (exact) mass is 148 g/mol. The maximum Gasteiger partial charge on any atom is 0.316 e. The molecule has 0 N–H and O–H groups in total. The third-order valence-corrected chi connectivity index (χ3v) is 1.47. The minimum absolute atomic E-state index is 0.111. The fourth-order valence-electron chi connectivity index (χ4n) is 0.828. The Bertz CT molecular complexity index is 106. The largest absolute Gasteiger partial charge is 0.329 e. The molecule has 1 unspecified atom stereocenters. The van der Waals surface area contributed by atoms with E-state index in [1.165, 1.54) is 7.11 Å². The van der Waals surface area contributed by atoms with E-state index in [9.17, 15) is 0 Å². The van der Waals surface area contributed by atoms with Crippen molar-refractivity contribution in [1.82, 2.24) is 0 Å². The number of hydrogen-bond donors (Lipinski definition) is 0. The maximum absolute atomic E-state index is 5.08. The van der Waals surface area contributed by atoms with Crippen molar-refractivity contribution in [3.63, 3.8) is 0 Å². The predicted molar refractivity (Wildman–Crippen MR) is 32.7 cm³/mol. The van der Waals surface area contributed by atoms with Crippen LogP contribution in [-0.4, -0.2) is 19.9 Å². The Balaban J connectivity index is 2.58. The third kappa shape index (κ3) is 1.15. The first-order chi connectivity index (χ1) is 4.71. The normalized spacial score (nSPS) is 33.6. The highest BCUT2D eigenvalue weighted by Crippen LogP contribution is 2.28. The molecule has 1 heterocycles. The molecule has 0 aliphatic carbocycles. The van der Waals surface area contributed by atoms with Crippen LogP contribution in [0.2, 0.25) is 0 Å². The summed E-state index contributed by atoms with van der Waals surface area (Å²) in [6, 6.07) is 0. The number of ether oxygens (including phenoxy) is 2. The predicted octanol–water partition coefficient (Wildman–Crippen LogP) is 0.878. The first-order valence-corrected chi connectivity index (χ1v) is 3.21. The maximum atomic E-state index is 5.08. The average Bonchev–Trinajstić information content (AvgIpc) is 2.35. The molecule has 0 bridgehead atoms. The molecule has 1 saturated heterocycles. The van der Waals surface area contributed by atoms with Crippen LogP contribution in [0, 0.1) is 5.92 Å². The van der Waals surface area contributed by atoms with Gasteiger partial charge in [0.15, 0.2) is 6.79 Å². The van der Waals surface area contributed by atoms with Crippen molar-refractivity contribution in [3.05, 3.63) is 0 Å². The Morgan fingerprint density at radius 1 is 1.50 bits per heavy atom. The van der Waals surface area contributed by atoms with Crippen molar-refractivity contribution in [2.75, 3.05) is 13.9 Å². The van der Waals surface area contributed by atoms with Gasteiger partial charge in [0.05, 0.1) is 0 Å². The number of methoxy groups -OCH3 is 1. The summed E-state index contributed by atoms with van der Waals surface area (Å²) in [5, 5.41) is 0. The van der Waals surface area contributed by atoms with Crippen LogP contribution in [0.25, 0.3) is 0 Å². The lowest BCUT2D eigenvalue weighted by atomic mass is 10.2. The topological polar surface area (TPSA) is 36.9 Å². The molecule has 0 spiro atoms. The van der Waals surface area contributed by atoms with E-state index in [0.29, 0.717) is 0 Å². The number of rotatable bonds is 2. The van der Waals surface area contributed by atoms with Crippen LogP contribution >= 0.6 is 0 Å². The van der Waals surface area contributed by atoms with Gasteiger partial charge in [0, 0.05) is 13.0 Å². The van der Waals surface area contributed by atoms with Crippen molar-refractivity contribution in [3.8, 4) is 0 Å². The molecule has 1 fully saturated rings. The molecule has 60 valence electrons. The van der Waals surface area contributed by atoms with Crippen molar-refractivity contribution in [1.29, 1.82) is 0 Å². The van der Waals surface area contributed by atoms with E-state index in [1.54, 1.807) is 0 Å². The summed E-state index contributed by atoms with van der Waals surface area (Å²) in [6.45, 7) is 3.99. The molecule has 0 aromatic rings. The van der Waals surface area contributed by atoms with Gasteiger partial charge in [-0.25, -0.2) is 4.89 Å². The summed E-state index contributed by atoms with van der Waals surface area (Å²) in [4.78, 5) is 9.37. The van der Waals surface area contributed by atoms with Crippen molar-refractivity contribution < 1.29 is 19.2 Å². The summed E-state index contributed by atoms with van der Waals surface area (Å²) in [5.74, 6) is -0.875. The molecule has 0 aromatic carbocycles. The molecule has 4 nitrogen and oxygen atoms in total. The molecule has 1 rings (SSSR count). The molecule has 0 aromatic heterocycles. The minimum Gasteiger partial charge on any atom is -0.329 e. The molecule has 10 heavy (non-hydrogen) atoms. The van der Waals surface area contributed by atoms with Gasteiger partial charge >= 0.3 is 5.97 Å². The Hall–Kier alpha value is -0.160. The lowest BCUT2D eigenvalue weighted by Crippen LogP contribution is -2.38. The van der Waals surface area contributed by atoms with Gasteiger partial charge in [-0.15, -0.1) is 0 Å². The lowest BCUT2D eigenvalue weighted by molar-refractivity contribution is -0.422. The lowest BCUT2D eigenvalue weighted by Gasteiger charge is -2.25. The fourth-order valence-corrected chi connectivity index (χ4v) is 0.828. The Morgan fingerprint density at radius 3 is 2.40 bits per heavy atom. The Kier molecular flexibility index (Phi) is 2.25. The summed E-state index contributed by atoms with van der Waals surface area (Å²) < 4.78 is 10.1. The zero-order chi connectivity index (χ0) is 7.61. The Labute approximate surface area is 59.9 Å². The van der Waals surface area contributed by atoms with Gasteiger partial charge in [-0.2, -0.15) is 4.89 Å². The molecule has 0 amide bonds. The summed E-state index contributed by atoms with van der Waals surface area (Å²) in [5.41, 5.74) is 0. The highest BCUT2D eigenvalue weighted by molar-refractivity contribution is 4.60. The average molecular weight is 148 g/mol. The van der Waals surface area contributed by atoms with Gasteiger partial charge in [-0.05, 0) is 0 Å². The molecule has 0 radical (unpaired) electrons. The van der Waals surface area contributed by atoms with E-state index >= 15 is 0 Å². The van der Waals surface area contributed by atoms with E-state index in [0.717, 1.165) is 0 Å². The van der Waals surface area contributed by atoms with E-state index < -0.39 is 5.97 Å². The minimum atomic E-state index is -0.986. The first-order valence-electron chi connectivity index (χ1n) is 3.21. The zero-order valence-electron chi connectivity index (χ0n) is 6.42. The number of hydrogen-bond acceptors (Lipinski definition) is 4. The van der Waals surface area contributed by atoms with Crippen LogP contribution in [0.5, 0.6) is 0 Å².